The zero-order chi connectivity index (χ0) is 25.5. The average Bonchev–Trinajstić information content (AvgIpc) is 2.89. The van der Waals surface area contributed by atoms with Crippen LogP contribution in [0.2, 0.25) is 5.02 Å². The van der Waals surface area contributed by atoms with E-state index in [0.717, 1.165) is 44.9 Å². The van der Waals surface area contributed by atoms with Crippen molar-refractivity contribution in [3.05, 3.63) is 75.1 Å². The Morgan fingerprint density at radius 3 is 2.71 bits per heavy atom. The van der Waals surface area contributed by atoms with Gasteiger partial charge in [0.1, 0.15) is 5.82 Å². The molecule has 0 spiro atoms. The van der Waals surface area contributed by atoms with Gasteiger partial charge in [-0.3, -0.25) is 4.79 Å². The van der Waals surface area contributed by atoms with Crippen LogP contribution >= 0.6 is 11.6 Å². The van der Waals surface area contributed by atoms with Crippen molar-refractivity contribution in [3.63, 3.8) is 0 Å². The third-order valence-corrected chi connectivity index (χ3v) is 8.26. The lowest BCUT2D eigenvalue weighted by Crippen LogP contribution is -2.22. The van der Waals surface area contributed by atoms with E-state index in [1.54, 1.807) is 6.07 Å². The molecule has 1 N–H and O–H groups in total. The second kappa shape index (κ2) is 12.7. The van der Waals surface area contributed by atoms with E-state index in [-0.39, 0.29) is 16.8 Å². The molecule has 1 aromatic rings. The van der Waals surface area contributed by atoms with Crippen molar-refractivity contribution in [3.8, 4) is 0 Å². The fourth-order valence-corrected chi connectivity index (χ4v) is 5.60. The number of hydrogen-bond donors (Lipinski definition) is 1. The van der Waals surface area contributed by atoms with E-state index in [4.69, 9.17) is 11.6 Å². The molecule has 35 heavy (non-hydrogen) atoms. The SMILES string of the molecule is CCC1=CC(C)=C(CC2CCC=C(C(C)C(=O)Nc3ccc(F)c(Cl)c3)CCCC2C)C(C)=CC1. The maximum atomic E-state index is 13.5. The number of halogens is 2. The second-order valence-electron chi connectivity index (χ2n) is 10.4. The molecule has 0 aromatic heterocycles. The van der Waals surface area contributed by atoms with E-state index in [1.165, 1.54) is 46.4 Å². The van der Waals surface area contributed by atoms with Gasteiger partial charge in [-0.1, -0.05) is 66.8 Å². The maximum Gasteiger partial charge on any atom is 0.231 e. The zero-order valence-electron chi connectivity index (χ0n) is 22.0. The molecule has 0 aliphatic heterocycles. The lowest BCUT2D eigenvalue weighted by molar-refractivity contribution is -0.118. The summed E-state index contributed by atoms with van der Waals surface area (Å²) in [6.45, 7) is 11.2. The average molecular weight is 498 g/mol. The highest BCUT2D eigenvalue weighted by Gasteiger charge is 2.24. The van der Waals surface area contributed by atoms with Crippen molar-refractivity contribution in [1.29, 1.82) is 0 Å². The third kappa shape index (κ3) is 7.43. The normalized spacial score (nSPS) is 22.7. The molecule has 3 atom stereocenters. The summed E-state index contributed by atoms with van der Waals surface area (Å²) in [6.07, 6.45) is 15.8. The van der Waals surface area contributed by atoms with Crippen molar-refractivity contribution in [2.75, 3.05) is 5.32 Å². The van der Waals surface area contributed by atoms with Crippen LogP contribution in [-0.2, 0) is 4.79 Å². The Kier molecular flexibility index (Phi) is 9.98. The molecular formula is C31H41ClFNO. The Labute approximate surface area is 216 Å². The van der Waals surface area contributed by atoms with Crippen molar-refractivity contribution in [2.24, 2.45) is 17.8 Å². The minimum absolute atomic E-state index is 0.0163. The maximum absolute atomic E-state index is 13.5. The highest BCUT2D eigenvalue weighted by atomic mass is 35.5. The molecule has 2 aliphatic rings. The number of rotatable bonds is 6. The summed E-state index contributed by atoms with van der Waals surface area (Å²) in [5, 5.41) is 2.92. The molecule has 2 nitrogen and oxygen atoms in total. The Morgan fingerprint density at radius 1 is 1.23 bits per heavy atom. The highest BCUT2D eigenvalue weighted by Crippen LogP contribution is 2.37. The van der Waals surface area contributed by atoms with Gasteiger partial charge in [-0.05, 0) is 107 Å². The van der Waals surface area contributed by atoms with Crippen LogP contribution in [0.3, 0.4) is 0 Å². The molecule has 4 heteroatoms. The molecule has 0 fully saturated rings. The molecule has 0 bridgehead atoms. The first-order valence-electron chi connectivity index (χ1n) is 13.2. The van der Waals surface area contributed by atoms with Gasteiger partial charge in [0, 0.05) is 5.69 Å². The Bertz CT molecular complexity index is 1050. The molecule has 0 heterocycles. The largest absolute Gasteiger partial charge is 0.326 e. The van der Waals surface area contributed by atoms with Crippen LogP contribution in [0.1, 0.15) is 86.0 Å². The van der Waals surface area contributed by atoms with Crippen molar-refractivity contribution in [1.82, 2.24) is 0 Å². The monoisotopic (exact) mass is 497 g/mol. The van der Waals surface area contributed by atoms with Gasteiger partial charge in [-0.25, -0.2) is 4.39 Å². The van der Waals surface area contributed by atoms with Gasteiger partial charge in [-0.15, -0.1) is 0 Å². The van der Waals surface area contributed by atoms with E-state index in [2.05, 4.69) is 51.2 Å². The van der Waals surface area contributed by atoms with E-state index >= 15 is 0 Å². The van der Waals surface area contributed by atoms with Crippen LogP contribution in [-0.4, -0.2) is 5.91 Å². The lowest BCUT2D eigenvalue weighted by Gasteiger charge is -2.25. The topological polar surface area (TPSA) is 29.1 Å². The van der Waals surface area contributed by atoms with Gasteiger partial charge >= 0.3 is 0 Å². The second-order valence-corrected chi connectivity index (χ2v) is 10.8. The third-order valence-electron chi connectivity index (χ3n) is 7.97. The predicted molar refractivity (Wildman–Crippen MR) is 147 cm³/mol. The minimum Gasteiger partial charge on any atom is -0.326 e. The van der Waals surface area contributed by atoms with Crippen LogP contribution in [0, 0.1) is 23.6 Å². The fourth-order valence-electron chi connectivity index (χ4n) is 5.42. The first-order valence-corrected chi connectivity index (χ1v) is 13.6. The smallest absolute Gasteiger partial charge is 0.231 e. The van der Waals surface area contributed by atoms with Crippen LogP contribution in [0.4, 0.5) is 10.1 Å². The van der Waals surface area contributed by atoms with Crippen LogP contribution < -0.4 is 5.32 Å². The van der Waals surface area contributed by atoms with Crippen molar-refractivity contribution >= 4 is 23.2 Å². The van der Waals surface area contributed by atoms with Crippen molar-refractivity contribution < 1.29 is 9.18 Å². The lowest BCUT2D eigenvalue weighted by atomic mass is 9.80. The Morgan fingerprint density at radius 2 is 2.00 bits per heavy atom. The predicted octanol–water partition coefficient (Wildman–Crippen LogP) is 9.59. The molecule has 3 unspecified atom stereocenters. The molecule has 0 saturated heterocycles. The number of carbonyl (C=O) groups excluding carboxylic acids is 1. The highest BCUT2D eigenvalue weighted by molar-refractivity contribution is 6.31. The number of nitrogens with one attached hydrogen (secondary N) is 1. The summed E-state index contributed by atoms with van der Waals surface area (Å²) in [7, 11) is 0. The Balaban J connectivity index is 1.69. The molecule has 190 valence electrons. The fraction of sp³-hybridized carbons (Fsp3) is 0.516. The van der Waals surface area contributed by atoms with Crippen molar-refractivity contribution in [2.45, 2.75) is 86.0 Å². The van der Waals surface area contributed by atoms with Gasteiger partial charge in [-0.2, -0.15) is 0 Å². The van der Waals surface area contributed by atoms with Gasteiger partial charge < -0.3 is 5.32 Å². The summed E-state index contributed by atoms with van der Waals surface area (Å²) < 4.78 is 13.5. The van der Waals surface area contributed by atoms with E-state index < -0.39 is 5.82 Å². The van der Waals surface area contributed by atoms with Gasteiger partial charge in [0.05, 0.1) is 10.9 Å². The Hall–Kier alpha value is -2.13. The molecular weight excluding hydrogens is 457 g/mol. The van der Waals surface area contributed by atoms with E-state index in [9.17, 15) is 9.18 Å². The summed E-state index contributed by atoms with van der Waals surface area (Å²) in [6, 6.07) is 4.30. The van der Waals surface area contributed by atoms with E-state index in [0.29, 0.717) is 17.5 Å². The minimum atomic E-state index is -0.484. The van der Waals surface area contributed by atoms with Crippen LogP contribution in [0.5, 0.6) is 0 Å². The number of anilines is 1. The number of benzene rings is 1. The summed E-state index contributed by atoms with van der Waals surface area (Å²) in [5.41, 5.74) is 7.65. The molecule has 0 radical (unpaired) electrons. The van der Waals surface area contributed by atoms with Gasteiger partial charge in [0.15, 0.2) is 0 Å². The van der Waals surface area contributed by atoms with Crippen LogP contribution in [0.25, 0.3) is 0 Å². The molecule has 1 aromatic carbocycles. The first-order chi connectivity index (χ1) is 16.7. The molecule has 0 saturated carbocycles. The number of hydrogen-bond acceptors (Lipinski definition) is 1. The number of allylic oxidation sites excluding steroid dienone is 7. The van der Waals surface area contributed by atoms with E-state index in [1.807, 2.05) is 6.92 Å². The van der Waals surface area contributed by atoms with Crippen LogP contribution in [0.15, 0.2) is 64.3 Å². The summed E-state index contributed by atoms with van der Waals surface area (Å²) >= 11 is 5.87. The number of carbonyl (C=O) groups is 1. The zero-order valence-corrected chi connectivity index (χ0v) is 22.8. The molecule has 1 amide bonds. The number of amides is 1. The molecule has 3 rings (SSSR count). The summed E-state index contributed by atoms with van der Waals surface area (Å²) in [5.74, 6) is 0.518. The van der Waals surface area contributed by atoms with Gasteiger partial charge in [0.25, 0.3) is 0 Å². The quantitative estimate of drug-likeness (QED) is 0.389. The molecule has 2 aliphatic carbocycles. The van der Waals surface area contributed by atoms with Gasteiger partial charge in [0.2, 0.25) is 5.91 Å². The standard InChI is InChI=1S/C31H41ClFNO/c1-6-24-14-13-21(3)28(22(4)17-24)18-26-12-8-11-25(10-7-9-20(26)2)23(5)31(35)34-27-15-16-30(33)29(32)19-27/h11,13,15-17,19-20,23,26H,6-10,12,14,18H2,1-5H3,(H,34,35). The summed E-state index contributed by atoms with van der Waals surface area (Å²) in [4.78, 5) is 12.9. The first kappa shape index (κ1) is 27.5.